The first-order valence-corrected chi connectivity index (χ1v) is 5.77. The van der Waals surface area contributed by atoms with Gasteiger partial charge in [-0.3, -0.25) is 0 Å². The number of aromatic hydroxyl groups is 1. The Morgan fingerprint density at radius 3 is 2.33 bits per heavy atom. The maximum Gasteiger partial charge on any atom is 0.144 e. The van der Waals surface area contributed by atoms with Crippen molar-refractivity contribution in [3.63, 3.8) is 0 Å². The quantitative estimate of drug-likeness (QED) is 0.772. The minimum atomic E-state index is -1.01. The maximum absolute atomic E-state index is 9.86. The summed E-state index contributed by atoms with van der Waals surface area (Å²) in [5.74, 6) is 5.54. The number of hydrogen-bond donors (Lipinski definition) is 2. The van der Waals surface area contributed by atoms with E-state index in [9.17, 15) is 10.2 Å². The number of phenols is 1. The topological polar surface area (TPSA) is 40.5 Å². The van der Waals surface area contributed by atoms with Crippen LogP contribution in [0.4, 0.5) is 0 Å². The minimum absolute atomic E-state index is 0.0374. The van der Waals surface area contributed by atoms with E-state index in [1.807, 2.05) is 0 Å². The van der Waals surface area contributed by atoms with Crippen molar-refractivity contribution in [3.8, 4) is 17.6 Å². The van der Waals surface area contributed by atoms with Crippen molar-refractivity contribution in [2.24, 2.45) is 0 Å². The van der Waals surface area contributed by atoms with Gasteiger partial charge in [0, 0.05) is 16.1 Å². The molecule has 3 heteroatoms. The average Bonchev–Trinajstić information content (AvgIpc) is 2.38. The Balaban J connectivity index is 2.20. The Morgan fingerprint density at radius 1 is 1.00 bits per heavy atom. The van der Waals surface area contributed by atoms with Gasteiger partial charge in [0.1, 0.15) is 11.9 Å². The first kappa shape index (κ1) is 12.5. The van der Waals surface area contributed by atoms with Crippen LogP contribution in [-0.2, 0) is 0 Å². The van der Waals surface area contributed by atoms with Gasteiger partial charge in [-0.2, -0.15) is 0 Å². The van der Waals surface area contributed by atoms with Crippen LogP contribution in [0.3, 0.4) is 0 Å². The predicted molar refractivity (Wildman–Crippen MR) is 71.4 cm³/mol. The smallest absolute Gasteiger partial charge is 0.144 e. The molecule has 1 unspecified atom stereocenters. The molecule has 0 bridgehead atoms. The Hall–Kier alpha value is -1.95. The first-order chi connectivity index (χ1) is 8.66. The summed E-state index contributed by atoms with van der Waals surface area (Å²) in [4.78, 5) is 0. The zero-order chi connectivity index (χ0) is 13.0. The molecule has 2 aromatic rings. The first-order valence-electron chi connectivity index (χ1n) is 5.40. The fourth-order valence-electron chi connectivity index (χ4n) is 1.48. The van der Waals surface area contributed by atoms with E-state index in [1.165, 1.54) is 6.07 Å². The summed E-state index contributed by atoms with van der Waals surface area (Å²) in [5, 5.41) is 20.1. The van der Waals surface area contributed by atoms with Crippen LogP contribution in [0.25, 0.3) is 0 Å². The van der Waals surface area contributed by atoms with E-state index in [4.69, 9.17) is 11.6 Å². The highest BCUT2D eigenvalue weighted by Crippen LogP contribution is 2.22. The van der Waals surface area contributed by atoms with Gasteiger partial charge in [-0.05, 0) is 30.3 Å². The van der Waals surface area contributed by atoms with Crippen molar-refractivity contribution < 1.29 is 10.2 Å². The molecular formula is C15H11ClO2. The molecule has 0 spiro atoms. The number of aliphatic hydroxyl groups excluding tert-OH is 1. The highest BCUT2D eigenvalue weighted by molar-refractivity contribution is 6.30. The molecule has 1 atom stereocenters. The number of benzene rings is 2. The van der Waals surface area contributed by atoms with Gasteiger partial charge in [0.2, 0.25) is 0 Å². The van der Waals surface area contributed by atoms with E-state index in [0.29, 0.717) is 10.6 Å². The van der Waals surface area contributed by atoms with Crippen molar-refractivity contribution >= 4 is 11.6 Å². The lowest BCUT2D eigenvalue weighted by Crippen LogP contribution is -1.93. The van der Waals surface area contributed by atoms with Gasteiger partial charge in [0.05, 0.1) is 0 Å². The van der Waals surface area contributed by atoms with Gasteiger partial charge in [-0.15, -0.1) is 0 Å². The largest absolute Gasteiger partial charge is 0.508 e. The molecule has 0 saturated carbocycles. The third-order valence-corrected chi connectivity index (χ3v) is 2.68. The highest BCUT2D eigenvalue weighted by atomic mass is 35.5. The van der Waals surface area contributed by atoms with Crippen LogP contribution in [0.15, 0.2) is 48.5 Å². The van der Waals surface area contributed by atoms with E-state index < -0.39 is 6.10 Å². The molecule has 2 nitrogen and oxygen atoms in total. The van der Waals surface area contributed by atoms with Crippen molar-refractivity contribution in [1.29, 1.82) is 0 Å². The molecule has 0 aromatic heterocycles. The summed E-state index contributed by atoms with van der Waals surface area (Å²) >= 11 is 5.76. The summed E-state index contributed by atoms with van der Waals surface area (Å²) in [7, 11) is 0. The van der Waals surface area contributed by atoms with Gasteiger partial charge in [0.25, 0.3) is 0 Å². The van der Waals surface area contributed by atoms with Gasteiger partial charge >= 0.3 is 0 Å². The van der Waals surface area contributed by atoms with E-state index in [-0.39, 0.29) is 5.75 Å². The zero-order valence-corrected chi connectivity index (χ0v) is 10.2. The summed E-state index contributed by atoms with van der Waals surface area (Å²) in [6.45, 7) is 0. The van der Waals surface area contributed by atoms with Crippen molar-refractivity contribution in [2.75, 3.05) is 0 Å². The fourth-order valence-corrected chi connectivity index (χ4v) is 1.61. The van der Waals surface area contributed by atoms with Crippen molar-refractivity contribution in [1.82, 2.24) is 0 Å². The van der Waals surface area contributed by atoms with Gasteiger partial charge in [0.15, 0.2) is 0 Å². The molecule has 0 heterocycles. The maximum atomic E-state index is 9.86. The Morgan fingerprint density at radius 2 is 1.67 bits per heavy atom. The summed E-state index contributed by atoms with van der Waals surface area (Å²) in [6, 6.07) is 13.6. The van der Waals surface area contributed by atoms with Crippen LogP contribution in [-0.4, -0.2) is 10.2 Å². The Bertz CT molecular complexity index is 594. The molecule has 18 heavy (non-hydrogen) atoms. The van der Waals surface area contributed by atoms with E-state index in [0.717, 1.165) is 5.56 Å². The molecule has 2 aromatic carbocycles. The van der Waals surface area contributed by atoms with Crippen LogP contribution >= 0.6 is 11.6 Å². The highest BCUT2D eigenvalue weighted by Gasteiger charge is 2.07. The number of aliphatic hydroxyl groups is 1. The predicted octanol–water partition coefficient (Wildman–Crippen LogP) is 3.13. The molecule has 90 valence electrons. The lowest BCUT2D eigenvalue weighted by molar-refractivity contribution is 0.233. The molecule has 0 aliphatic rings. The number of halogens is 1. The average molecular weight is 259 g/mol. The van der Waals surface area contributed by atoms with Crippen LogP contribution in [0.5, 0.6) is 5.75 Å². The van der Waals surface area contributed by atoms with E-state index in [1.54, 1.807) is 42.5 Å². The van der Waals surface area contributed by atoms with Crippen LogP contribution < -0.4 is 0 Å². The Labute approximate surface area is 110 Å². The van der Waals surface area contributed by atoms with Crippen molar-refractivity contribution in [2.45, 2.75) is 6.10 Å². The molecular weight excluding hydrogens is 248 g/mol. The molecule has 2 rings (SSSR count). The molecule has 0 aliphatic carbocycles. The Kier molecular flexibility index (Phi) is 3.88. The second-order valence-electron chi connectivity index (χ2n) is 3.74. The summed E-state index contributed by atoms with van der Waals surface area (Å²) in [6.07, 6.45) is -1.01. The lowest BCUT2D eigenvalue weighted by atomic mass is 10.1. The number of para-hydroxylation sites is 1. The monoisotopic (exact) mass is 258 g/mol. The van der Waals surface area contributed by atoms with E-state index in [2.05, 4.69) is 11.8 Å². The van der Waals surface area contributed by atoms with Crippen molar-refractivity contribution in [3.05, 3.63) is 64.7 Å². The summed E-state index contributed by atoms with van der Waals surface area (Å²) < 4.78 is 0. The zero-order valence-electron chi connectivity index (χ0n) is 9.47. The SMILES string of the molecule is Oc1ccccc1C(O)C#Cc1ccc(Cl)cc1. The van der Waals surface area contributed by atoms with Gasteiger partial charge in [-0.25, -0.2) is 0 Å². The molecule has 0 amide bonds. The third kappa shape index (κ3) is 3.04. The molecule has 0 fully saturated rings. The standard InChI is InChI=1S/C15H11ClO2/c16-12-8-5-11(6-9-12)7-10-15(18)13-3-1-2-4-14(13)17/h1-6,8-9,15,17-18H. The number of hydrogen-bond acceptors (Lipinski definition) is 2. The van der Waals surface area contributed by atoms with Crippen LogP contribution in [0.2, 0.25) is 5.02 Å². The normalized spacial score (nSPS) is 11.4. The van der Waals surface area contributed by atoms with Gasteiger partial charge in [-0.1, -0.05) is 41.6 Å². The fraction of sp³-hybridized carbons (Fsp3) is 0.0667. The molecule has 0 radical (unpaired) electrons. The number of phenolic OH excluding ortho intramolecular Hbond substituents is 1. The lowest BCUT2D eigenvalue weighted by Gasteiger charge is -2.05. The second-order valence-corrected chi connectivity index (χ2v) is 4.17. The molecule has 0 aliphatic heterocycles. The number of rotatable bonds is 1. The van der Waals surface area contributed by atoms with Gasteiger partial charge < -0.3 is 10.2 Å². The summed E-state index contributed by atoms with van der Waals surface area (Å²) in [5.41, 5.74) is 1.16. The third-order valence-electron chi connectivity index (χ3n) is 2.43. The van der Waals surface area contributed by atoms with E-state index >= 15 is 0 Å². The van der Waals surface area contributed by atoms with Crippen LogP contribution in [0.1, 0.15) is 17.2 Å². The second kappa shape index (κ2) is 5.59. The molecule has 2 N–H and O–H groups in total. The molecule has 0 saturated heterocycles. The van der Waals surface area contributed by atoms with Crippen LogP contribution in [0, 0.1) is 11.8 Å². The minimum Gasteiger partial charge on any atom is -0.508 e.